The Morgan fingerprint density at radius 3 is 2.61 bits per heavy atom. The number of pyridine rings is 1. The Kier molecular flexibility index (Phi) is 4.42. The molecule has 0 saturated carbocycles. The van der Waals surface area contributed by atoms with Crippen molar-refractivity contribution >= 4 is 23.2 Å². The molecule has 94 valence electrons. The van der Waals surface area contributed by atoms with Crippen molar-refractivity contribution in [2.45, 2.75) is 13.2 Å². The molecule has 3 nitrogen and oxygen atoms in total. The molecule has 0 aliphatic carbocycles. The zero-order chi connectivity index (χ0) is 13.0. The predicted octanol–water partition coefficient (Wildman–Crippen LogP) is 3.46. The average Bonchev–Trinajstić information content (AvgIpc) is 2.38. The van der Waals surface area contributed by atoms with Crippen LogP contribution in [-0.4, -0.2) is 10.1 Å². The second-order valence-corrected chi connectivity index (χ2v) is 4.51. The number of aliphatic hydroxyl groups is 1. The highest BCUT2D eigenvalue weighted by molar-refractivity contribution is 6.35. The summed E-state index contributed by atoms with van der Waals surface area (Å²) in [6.45, 7) is 0.263. The fourth-order valence-corrected chi connectivity index (χ4v) is 1.85. The van der Waals surface area contributed by atoms with Gasteiger partial charge < -0.3 is 9.84 Å². The lowest BCUT2D eigenvalue weighted by atomic mass is 10.2. The molecule has 2 aromatic rings. The molecule has 0 amide bonds. The Morgan fingerprint density at radius 2 is 2.00 bits per heavy atom. The van der Waals surface area contributed by atoms with E-state index in [1.54, 1.807) is 30.5 Å². The normalized spacial score (nSPS) is 10.4. The van der Waals surface area contributed by atoms with Crippen LogP contribution < -0.4 is 4.74 Å². The number of hydrogen-bond donors (Lipinski definition) is 1. The van der Waals surface area contributed by atoms with Crippen LogP contribution in [0.1, 0.15) is 11.3 Å². The van der Waals surface area contributed by atoms with Crippen molar-refractivity contribution in [3.63, 3.8) is 0 Å². The number of aliphatic hydroxyl groups excluding tert-OH is 1. The van der Waals surface area contributed by atoms with Crippen molar-refractivity contribution in [3.05, 3.63) is 57.8 Å². The van der Waals surface area contributed by atoms with Gasteiger partial charge in [0.15, 0.2) is 0 Å². The molecule has 0 fully saturated rings. The fourth-order valence-electron chi connectivity index (χ4n) is 1.39. The minimum atomic E-state index is -0.0801. The molecule has 0 radical (unpaired) electrons. The highest BCUT2D eigenvalue weighted by atomic mass is 35.5. The van der Waals surface area contributed by atoms with Crippen molar-refractivity contribution in [2.75, 3.05) is 0 Å². The zero-order valence-electron chi connectivity index (χ0n) is 9.44. The zero-order valence-corrected chi connectivity index (χ0v) is 10.9. The molecule has 1 aromatic carbocycles. The summed E-state index contributed by atoms with van der Waals surface area (Å²) in [5.74, 6) is 0.623. The molecule has 18 heavy (non-hydrogen) atoms. The molecular weight excluding hydrogens is 273 g/mol. The van der Waals surface area contributed by atoms with Gasteiger partial charge in [0.1, 0.15) is 12.4 Å². The van der Waals surface area contributed by atoms with E-state index in [0.717, 1.165) is 5.56 Å². The maximum absolute atomic E-state index is 8.87. The van der Waals surface area contributed by atoms with Crippen LogP contribution in [-0.2, 0) is 13.2 Å². The van der Waals surface area contributed by atoms with Gasteiger partial charge in [-0.2, -0.15) is 0 Å². The third-order valence-electron chi connectivity index (χ3n) is 2.37. The first-order chi connectivity index (χ1) is 8.69. The van der Waals surface area contributed by atoms with Gasteiger partial charge in [-0.05, 0) is 24.3 Å². The van der Waals surface area contributed by atoms with Crippen LogP contribution in [0.4, 0.5) is 0 Å². The minimum absolute atomic E-state index is 0.0801. The molecule has 2 rings (SSSR count). The van der Waals surface area contributed by atoms with Gasteiger partial charge in [0.25, 0.3) is 0 Å². The highest BCUT2D eigenvalue weighted by Crippen LogP contribution is 2.22. The van der Waals surface area contributed by atoms with E-state index in [0.29, 0.717) is 28.1 Å². The Bertz CT molecular complexity index is 529. The van der Waals surface area contributed by atoms with Crippen molar-refractivity contribution in [1.29, 1.82) is 0 Å². The Balaban J connectivity index is 2.02. The van der Waals surface area contributed by atoms with E-state index >= 15 is 0 Å². The van der Waals surface area contributed by atoms with Crippen LogP contribution in [0.25, 0.3) is 0 Å². The molecule has 1 N–H and O–H groups in total. The second kappa shape index (κ2) is 6.05. The maximum atomic E-state index is 8.87. The van der Waals surface area contributed by atoms with E-state index in [-0.39, 0.29) is 6.61 Å². The van der Waals surface area contributed by atoms with Crippen LogP contribution in [0.3, 0.4) is 0 Å². The number of hydrogen-bond acceptors (Lipinski definition) is 3. The van der Waals surface area contributed by atoms with Gasteiger partial charge >= 0.3 is 0 Å². The molecule has 0 unspecified atom stereocenters. The molecule has 1 heterocycles. The van der Waals surface area contributed by atoms with E-state index in [9.17, 15) is 0 Å². The van der Waals surface area contributed by atoms with Crippen LogP contribution in [0.15, 0.2) is 36.5 Å². The van der Waals surface area contributed by atoms with Crippen molar-refractivity contribution in [3.8, 4) is 5.75 Å². The molecule has 0 atom stereocenters. The maximum Gasteiger partial charge on any atom is 0.138 e. The number of nitrogens with zero attached hydrogens (tertiary/aromatic N) is 1. The Labute approximate surface area is 115 Å². The second-order valence-electron chi connectivity index (χ2n) is 3.67. The van der Waals surface area contributed by atoms with E-state index in [1.807, 2.05) is 6.07 Å². The van der Waals surface area contributed by atoms with Crippen LogP contribution in [0, 0.1) is 0 Å². The van der Waals surface area contributed by atoms with E-state index in [1.165, 1.54) is 0 Å². The number of ether oxygens (including phenoxy) is 1. The molecule has 5 heteroatoms. The first-order valence-electron chi connectivity index (χ1n) is 5.31. The first-order valence-corrected chi connectivity index (χ1v) is 6.07. The van der Waals surface area contributed by atoms with Gasteiger partial charge in [0.05, 0.1) is 18.5 Å². The SMILES string of the molecule is OCc1ccc(OCc2ccc(Cl)cc2Cl)cn1. The minimum Gasteiger partial charge on any atom is -0.487 e. The highest BCUT2D eigenvalue weighted by Gasteiger charge is 2.03. The summed E-state index contributed by atoms with van der Waals surface area (Å²) in [5, 5.41) is 10.0. The number of halogens is 2. The molecule has 0 aliphatic rings. The van der Waals surface area contributed by atoms with Gasteiger partial charge in [0.2, 0.25) is 0 Å². The molecule has 0 bridgehead atoms. The Hall–Kier alpha value is -1.29. The summed E-state index contributed by atoms with van der Waals surface area (Å²) in [6, 6.07) is 8.72. The van der Waals surface area contributed by atoms with Crippen LogP contribution in [0.2, 0.25) is 10.0 Å². The molecule has 0 aliphatic heterocycles. The van der Waals surface area contributed by atoms with Gasteiger partial charge in [-0.15, -0.1) is 0 Å². The standard InChI is InChI=1S/C13H11Cl2NO2/c14-10-2-1-9(13(15)5-10)8-18-12-4-3-11(7-17)16-6-12/h1-6,17H,7-8H2. The van der Waals surface area contributed by atoms with Crippen molar-refractivity contribution in [2.24, 2.45) is 0 Å². The summed E-state index contributed by atoms with van der Waals surface area (Å²) in [5.41, 5.74) is 1.46. The van der Waals surface area contributed by atoms with E-state index in [2.05, 4.69) is 4.98 Å². The smallest absolute Gasteiger partial charge is 0.138 e. The monoisotopic (exact) mass is 283 g/mol. The molecular formula is C13H11Cl2NO2. The number of aromatic nitrogens is 1. The van der Waals surface area contributed by atoms with Crippen LogP contribution in [0.5, 0.6) is 5.75 Å². The largest absolute Gasteiger partial charge is 0.487 e. The van der Waals surface area contributed by atoms with Crippen molar-refractivity contribution in [1.82, 2.24) is 4.98 Å². The summed E-state index contributed by atoms with van der Waals surface area (Å²) in [7, 11) is 0. The lowest BCUT2D eigenvalue weighted by Gasteiger charge is -2.08. The number of benzene rings is 1. The van der Waals surface area contributed by atoms with Crippen LogP contribution >= 0.6 is 23.2 Å². The lowest BCUT2D eigenvalue weighted by molar-refractivity contribution is 0.275. The van der Waals surface area contributed by atoms with Crippen molar-refractivity contribution < 1.29 is 9.84 Å². The summed E-state index contributed by atoms with van der Waals surface area (Å²) in [6.07, 6.45) is 1.56. The third-order valence-corrected chi connectivity index (χ3v) is 2.96. The van der Waals surface area contributed by atoms with Gasteiger partial charge in [0, 0.05) is 15.6 Å². The quantitative estimate of drug-likeness (QED) is 0.934. The van der Waals surface area contributed by atoms with Gasteiger partial charge in [-0.25, -0.2) is 0 Å². The Morgan fingerprint density at radius 1 is 1.17 bits per heavy atom. The molecule has 0 spiro atoms. The third kappa shape index (κ3) is 3.35. The van der Waals surface area contributed by atoms with Gasteiger partial charge in [-0.1, -0.05) is 29.3 Å². The van der Waals surface area contributed by atoms with E-state index < -0.39 is 0 Å². The summed E-state index contributed by atoms with van der Waals surface area (Å²) in [4.78, 5) is 4.02. The predicted molar refractivity (Wildman–Crippen MR) is 71.0 cm³/mol. The topological polar surface area (TPSA) is 42.4 Å². The fraction of sp³-hybridized carbons (Fsp3) is 0.154. The number of rotatable bonds is 4. The summed E-state index contributed by atoms with van der Waals surface area (Å²) >= 11 is 11.8. The lowest BCUT2D eigenvalue weighted by Crippen LogP contribution is -1.97. The average molecular weight is 284 g/mol. The molecule has 0 saturated heterocycles. The first kappa shape index (κ1) is 13.1. The van der Waals surface area contributed by atoms with Gasteiger partial charge in [-0.3, -0.25) is 4.98 Å². The van der Waals surface area contributed by atoms with E-state index in [4.69, 9.17) is 33.0 Å². The molecule has 1 aromatic heterocycles. The summed E-state index contributed by atoms with van der Waals surface area (Å²) < 4.78 is 5.54.